The minimum absolute atomic E-state index is 0.0782. The smallest absolute Gasteiger partial charge is 0.416 e. The summed E-state index contributed by atoms with van der Waals surface area (Å²) in [5.74, 6) is 1.68. The minimum atomic E-state index is -4.28. The molecule has 0 unspecified atom stereocenters. The first-order valence-electron chi connectivity index (χ1n) is 11.9. The first-order valence-corrected chi connectivity index (χ1v) is 14.7. The van der Waals surface area contributed by atoms with E-state index in [0.29, 0.717) is 17.8 Å². The molecule has 0 spiro atoms. The van der Waals surface area contributed by atoms with Crippen molar-refractivity contribution in [1.82, 2.24) is 4.72 Å². The lowest BCUT2D eigenvalue weighted by Crippen LogP contribution is -2.40. The SMILES string of the molecule is CNSCC(C)C.COC(C)(C)C(F)(F)F.O=CNc1ccc2c(c1)N(S(=O)(=O)c1ccc(F)c(Cl)c1)CCO2. The molecule has 2 aromatic rings. The van der Waals surface area contributed by atoms with Crippen LogP contribution in [0.25, 0.3) is 0 Å². The third-order valence-electron chi connectivity index (χ3n) is 5.24. The van der Waals surface area contributed by atoms with E-state index in [-0.39, 0.29) is 28.8 Å². The maximum Gasteiger partial charge on any atom is 0.416 e. The molecule has 0 fully saturated rings. The van der Waals surface area contributed by atoms with E-state index in [1.165, 1.54) is 11.8 Å². The van der Waals surface area contributed by atoms with Crippen LogP contribution >= 0.6 is 23.5 Å². The summed E-state index contributed by atoms with van der Waals surface area (Å²) >= 11 is 7.46. The van der Waals surface area contributed by atoms with Crippen LogP contribution in [0.3, 0.4) is 0 Å². The van der Waals surface area contributed by atoms with Gasteiger partial charge in [0.2, 0.25) is 6.41 Å². The number of rotatable bonds is 8. The van der Waals surface area contributed by atoms with Gasteiger partial charge in [-0.2, -0.15) is 13.2 Å². The molecule has 0 radical (unpaired) electrons. The van der Waals surface area contributed by atoms with Crippen molar-refractivity contribution in [3.63, 3.8) is 0 Å². The van der Waals surface area contributed by atoms with Gasteiger partial charge in [-0.25, -0.2) is 12.8 Å². The van der Waals surface area contributed by atoms with E-state index in [1.54, 1.807) is 24.1 Å². The predicted molar refractivity (Wildman–Crippen MR) is 151 cm³/mol. The van der Waals surface area contributed by atoms with Crippen molar-refractivity contribution in [2.24, 2.45) is 5.92 Å². The lowest BCUT2D eigenvalue weighted by molar-refractivity contribution is -0.255. The highest BCUT2D eigenvalue weighted by Gasteiger charge is 2.47. The molecule has 0 aliphatic carbocycles. The zero-order valence-corrected chi connectivity index (χ0v) is 25.3. The number of methoxy groups -OCH3 is 1. The Bertz CT molecular complexity index is 1220. The van der Waals surface area contributed by atoms with Gasteiger partial charge in [0.1, 0.15) is 18.2 Å². The van der Waals surface area contributed by atoms with Crippen molar-refractivity contribution in [2.75, 3.05) is 42.7 Å². The second-order valence-electron chi connectivity index (χ2n) is 9.07. The number of amides is 1. The molecular weight excluding hydrogens is 598 g/mol. The molecule has 0 saturated heterocycles. The lowest BCUT2D eigenvalue weighted by Gasteiger charge is -2.30. The fourth-order valence-electron chi connectivity index (χ4n) is 2.73. The average molecular weight is 632 g/mol. The fourth-order valence-corrected chi connectivity index (χ4v) is 4.95. The number of fused-ring (bicyclic) bond motifs is 1. The van der Waals surface area contributed by atoms with Gasteiger partial charge in [-0.15, -0.1) is 0 Å². The number of halogens is 5. The summed E-state index contributed by atoms with van der Waals surface area (Å²) in [5.41, 5.74) is -1.31. The monoisotopic (exact) mass is 631 g/mol. The van der Waals surface area contributed by atoms with Crippen molar-refractivity contribution in [1.29, 1.82) is 0 Å². The molecule has 0 aromatic heterocycles. The minimum Gasteiger partial charge on any atom is -0.489 e. The Kier molecular flexibility index (Phi) is 14.0. The molecule has 2 aromatic carbocycles. The van der Waals surface area contributed by atoms with Crippen LogP contribution in [0.2, 0.25) is 5.02 Å². The van der Waals surface area contributed by atoms with Gasteiger partial charge in [0.25, 0.3) is 10.0 Å². The van der Waals surface area contributed by atoms with Crippen LogP contribution in [0.5, 0.6) is 5.75 Å². The standard InChI is InChI=1S/C15H12ClFN2O4S.C5H9F3O.C5H13NS/c16-12-8-11(2-3-13(12)17)24(21,22)19-5-6-23-15-4-1-10(18-9-20)7-14(15)19;1-4(2,9-3)5(6,7)8;1-5(2)4-7-6-3/h1-4,7-9H,5-6H2,(H,18,20);1-3H3;5-6H,4H2,1-3H3. The highest BCUT2D eigenvalue weighted by molar-refractivity contribution is 7.97. The third kappa shape index (κ3) is 10.3. The first-order chi connectivity index (χ1) is 18.5. The molecular formula is C25H34ClF4N3O5S2. The number of nitrogens with one attached hydrogen (secondary N) is 2. The van der Waals surface area contributed by atoms with Gasteiger partial charge in [-0.1, -0.05) is 37.4 Å². The Morgan fingerprint density at radius 1 is 1.20 bits per heavy atom. The predicted octanol–water partition coefficient (Wildman–Crippen LogP) is 6.12. The Labute approximate surface area is 241 Å². The number of alkyl halides is 3. The molecule has 0 atom stereocenters. The van der Waals surface area contributed by atoms with Crippen LogP contribution in [0.15, 0.2) is 41.3 Å². The van der Waals surface area contributed by atoms with Crippen molar-refractivity contribution < 1.29 is 40.2 Å². The Morgan fingerprint density at radius 2 is 1.85 bits per heavy atom. The molecule has 0 saturated carbocycles. The molecule has 8 nitrogen and oxygen atoms in total. The molecule has 1 aliphatic heterocycles. The summed E-state index contributed by atoms with van der Waals surface area (Å²) in [5, 5.41) is 2.18. The van der Waals surface area contributed by atoms with Gasteiger partial charge in [-0.05, 0) is 63.2 Å². The molecule has 226 valence electrons. The second-order valence-corrected chi connectivity index (χ2v) is 12.4. The number of benzene rings is 2. The normalized spacial score (nSPS) is 13.2. The van der Waals surface area contributed by atoms with E-state index < -0.39 is 27.6 Å². The van der Waals surface area contributed by atoms with Gasteiger partial charge in [0, 0.05) is 18.6 Å². The number of carbonyl (C=O) groups is 1. The summed E-state index contributed by atoms with van der Waals surface area (Å²) in [6, 6.07) is 7.87. The van der Waals surface area contributed by atoms with Crippen molar-refractivity contribution >= 4 is 51.4 Å². The van der Waals surface area contributed by atoms with Crippen LogP contribution in [-0.2, 0) is 19.6 Å². The van der Waals surface area contributed by atoms with Crippen molar-refractivity contribution in [3.8, 4) is 5.75 Å². The molecule has 0 bridgehead atoms. The van der Waals surface area contributed by atoms with Gasteiger partial charge in [0.15, 0.2) is 5.60 Å². The van der Waals surface area contributed by atoms with E-state index in [0.717, 1.165) is 49.4 Å². The molecule has 1 heterocycles. The quantitative estimate of drug-likeness (QED) is 0.206. The molecule has 1 aliphatic rings. The summed E-state index contributed by atoms with van der Waals surface area (Å²) in [7, 11) is -0.974. The maximum absolute atomic E-state index is 13.3. The number of sulfonamides is 1. The van der Waals surface area contributed by atoms with Crippen LogP contribution < -0.4 is 19.1 Å². The number of ether oxygens (including phenoxy) is 2. The van der Waals surface area contributed by atoms with Gasteiger partial charge in [0.05, 0.1) is 22.2 Å². The summed E-state index contributed by atoms with van der Waals surface area (Å²) < 4.78 is 88.0. The number of hydrogen-bond donors (Lipinski definition) is 2. The molecule has 15 heteroatoms. The van der Waals surface area contributed by atoms with Gasteiger partial charge >= 0.3 is 6.18 Å². The van der Waals surface area contributed by atoms with Crippen molar-refractivity contribution in [3.05, 3.63) is 47.2 Å². The number of hydrogen-bond acceptors (Lipinski definition) is 7. The van der Waals surface area contributed by atoms with Gasteiger partial charge < -0.3 is 14.8 Å². The Morgan fingerprint density at radius 3 is 2.30 bits per heavy atom. The molecule has 2 N–H and O–H groups in total. The zero-order chi connectivity index (χ0) is 30.7. The van der Waals surface area contributed by atoms with Crippen molar-refractivity contribution in [2.45, 2.75) is 44.4 Å². The average Bonchev–Trinajstić information content (AvgIpc) is 2.88. The summed E-state index contributed by atoms with van der Waals surface area (Å²) in [6.45, 7) is 6.63. The summed E-state index contributed by atoms with van der Waals surface area (Å²) in [6.07, 6.45) is -3.79. The Hall–Kier alpha value is -2.26. The number of anilines is 2. The highest BCUT2D eigenvalue weighted by Crippen LogP contribution is 2.37. The van der Waals surface area contributed by atoms with Crippen LogP contribution in [-0.4, -0.2) is 59.7 Å². The van der Waals surface area contributed by atoms with E-state index in [1.807, 2.05) is 7.05 Å². The van der Waals surface area contributed by atoms with E-state index in [2.05, 4.69) is 28.6 Å². The number of carbonyl (C=O) groups excluding carboxylic acids is 1. The summed E-state index contributed by atoms with van der Waals surface area (Å²) in [4.78, 5) is 10.5. The second kappa shape index (κ2) is 15.7. The largest absolute Gasteiger partial charge is 0.489 e. The van der Waals surface area contributed by atoms with Crippen LogP contribution in [0.4, 0.5) is 28.9 Å². The van der Waals surface area contributed by atoms with Crippen LogP contribution in [0.1, 0.15) is 27.7 Å². The van der Waals surface area contributed by atoms with Crippen LogP contribution in [0, 0.1) is 11.7 Å². The van der Waals surface area contributed by atoms with E-state index in [4.69, 9.17) is 16.3 Å². The fraction of sp³-hybridized carbons (Fsp3) is 0.480. The third-order valence-corrected chi connectivity index (χ3v) is 8.46. The van der Waals surface area contributed by atoms with E-state index in [9.17, 15) is 30.8 Å². The van der Waals surface area contributed by atoms with E-state index >= 15 is 0 Å². The highest BCUT2D eigenvalue weighted by atomic mass is 35.5. The molecule has 40 heavy (non-hydrogen) atoms. The topological polar surface area (TPSA) is 97.0 Å². The van der Waals surface area contributed by atoms with Gasteiger partial charge in [-0.3, -0.25) is 13.8 Å². The number of nitrogens with zero attached hydrogens (tertiary/aromatic N) is 1. The Balaban J connectivity index is 0.000000413. The molecule has 3 rings (SSSR count). The first kappa shape index (κ1) is 35.8. The molecule has 1 amide bonds. The maximum atomic E-state index is 13.3. The zero-order valence-electron chi connectivity index (χ0n) is 22.9. The lowest BCUT2D eigenvalue weighted by atomic mass is 10.1.